The molecular weight excluding hydrogens is 256 g/mol. The van der Waals surface area contributed by atoms with Crippen molar-refractivity contribution in [1.82, 2.24) is 15.5 Å². The lowest BCUT2D eigenvalue weighted by Gasteiger charge is -2.06. The molecule has 1 heterocycles. The molecule has 4 N–H and O–H groups in total. The number of rotatable bonds is 3. The first kappa shape index (κ1) is 12.3. The lowest BCUT2D eigenvalue weighted by molar-refractivity contribution is 0.251. The molecule has 2 aromatic rings. The van der Waals surface area contributed by atoms with Crippen LogP contribution in [0.25, 0.3) is 0 Å². The monoisotopic (exact) mass is 266 g/mol. The van der Waals surface area contributed by atoms with Crippen molar-refractivity contribution in [1.29, 1.82) is 0 Å². The van der Waals surface area contributed by atoms with Gasteiger partial charge in [0.1, 0.15) is 0 Å². The molecule has 7 heteroatoms. The Bertz CT molecular complexity index is 605. The molecule has 0 unspecified atom stereocenters. The molecule has 0 bridgehead atoms. The fourth-order valence-electron chi connectivity index (χ4n) is 1.38. The second kappa shape index (κ2) is 5.42. The number of hydrogen-bond acceptors (Lipinski definition) is 2. The third-order valence-corrected chi connectivity index (χ3v) is 2.41. The highest BCUT2D eigenvalue weighted by atomic mass is 35.5. The zero-order valence-corrected chi connectivity index (χ0v) is 10.0. The van der Waals surface area contributed by atoms with Crippen LogP contribution in [0.2, 0.25) is 5.02 Å². The maximum Gasteiger partial charge on any atom is 0.319 e. The van der Waals surface area contributed by atoms with Crippen molar-refractivity contribution >= 4 is 23.3 Å². The summed E-state index contributed by atoms with van der Waals surface area (Å²) in [6, 6.07) is 7.82. The minimum absolute atomic E-state index is 0.227. The molecule has 2 rings (SSSR count). The average molecular weight is 267 g/mol. The van der Waals surface area contributed by atoms with Crippen molar-refractivity contribution in [3.63, 3.8) is 0 Å². The van der Waals surface area contributed by atoms with Gasteiger partial charge in [0, 0.05) is 16.8 Å². The summed E-state index contributed by atoms with van der Waals surface area (Å²) in [5.74, 6) is 0. The van der Waals surface area contributed by atoms with Crippen LogP contribution in [0.3, 0.4) is 0 Å². The molecule has 94 valence electrons. The first-order valence-corrected chi connectivity index (χ1v) is 5.58. The van der Waals surface area contributed by atoms with Crippen LogP contribution in [-0.4, -0.2) is 16.2 Å². The number of benzene rings is 1. The average Bonchev–Trinajstić information content (AvgIpc) is 2.73. The number of nitrogens with one attached hydrogen (secondary N) is 4. The number of anilines is 1. The quantitative estimate of drug-likeness (QED) is 0.681. The van der Waals surface area contributed by atoms with Crippen LogP contribution in [0.5, 0.6) is 0 Å². The fraction of sp³-hybridized carbons (Fsp3) is 0.0909. The highest BCUT2D eigenvalue weighted by Gasteiger charge is 2.03. The molecule has 0 fully saturated rings. The Morgan fingerprint density at radius 2 is 2.11 bits per heavy atom. The molecule has 2 amide bonds. The van der Waals surface area contributed by atoms with Crippen molar-refractivity contribution in [2.45, 2.75) is 6.54 Å². The molecule has 1 aromatic heterocycles. The SMILES string of the molecule is O=C(NCc1cc(=O)[nH][nH]1)Nc1cccc(Cl)c1. The number of carbonyl (C=O) groups excluding carboxylic acids is 1. The van der Waals surface area contributed by atoms with Crippen LogP contribution in [0.15, 0.2) is 35.1 Å². The molecule has 0 atom stereocenters. The highest BCUT2D eigenvalue weighted by Crippen LogP contribution is 2.14. The summed E-state index contributed by atoms with van der Waals surface area (Å²) in [7, 11) is 0. The number of urea groups is 1. The van der Waals surface area contributed by atoms with E-state index < -0.39 is 0 Å². The number of aromatic amines is 2. The summed E-state index contributed by atoms with van der Waals surface area (Å²) in [5.41, 5.74) is 0.964. The molecule has 0 saturated heterocycles. The normalized spacial score (nSPS) is 10.1. The molecule has 0 aliphatic rings. The van der Waals surface area contributed by atoms with E-state index in [0.717, 1.165) is 0 Å². The summed E-state index contributed by atoms with van der Waals surface area (Å²) in [4.78, 5) is 22.4. The van der Waals surface area contributed by atoms with Gasteiger partial charge in [-0.2, -0.15) is 0 Å². The number of amides is 2. The van der Waals surface area contributed by atoms with E-state index in [1.54, 1.807) is 24.3 Å². The van der Waals surface area contributed by atoms with Gasteiger partial charge in [0.05, 0.1) is 12.2 Å². The predicted molar refractivity (Wildman–Crippen MR) is 68.7 cm³/mol. The van der Waals surface area contributed by atoms with E-state index in [0.29, 0.717) is 16.4 Å². The van der Waals surface area contributed by atoms with Crippen molar-refractivity contribution in [3.8, 4) is 0 Å². The van der Waals surface area contributed by atoms with Gasteiger partial charge < -0.3 is 15.7 Å². The van der Waals surface area contributed by atoms with Crippen LogP contribution >= 0.6 is 11.6 Å². The van der Waals surface area contributed by atoms with Crippen LogP contribution in [-0.2, 0) is 6.54 Å². The van der Waals surface area contributed by atoms with E-state index in [2.05, 4.69) is 20.8 Å². The van der Waals surface area contributed by atoms with Gasteiger partial charge in [-0.05, 0) is 18.2 Å². The lowest BCUT2D eigenvalue weighted by Crippen LogP contribution is -2.28. The van der Waals surface area contributed by atoms with Crippen molar-refractivity contribution in [2.75, 3.05) is 5.32 Å². The first-order chi connectivity index (χ1) is 8.63. The number of hydrogen-bond donors (Lipinski definition) is 4. The zero-order valence-electron chi connectivity index (χ0n) is 9.29. The van der Waals surface area contributed by atoms with E-state index in [9.17, 15) is 9.59 Å². The van der Waals surface area contributed by atoms with Gasteiger partial charge in [0.25, 0.3) is 5.56 Å². The molecule has 1 aromatic carbocycles. The van der Waals surface area contributed by atoms with Gasteiger partial charge in [-0.1, -0.05) is 17.7 Å². The topological polar surface area (TPSA) is 89.8 Å². The molecule has 18 heavy (non-hydrogen) atoms. The summed E-state index contributed by atoms with van der Waals surface area (Å²) in [6.07, 6.45) is 0. The van der Waals surface area contributed by atoms with Crippen LogP contribution in [0, 0.1) is 0 Å². The largest absolute Gasteiger partial charge is 0.332 e. The minimum Gasteiger partial charge on any atom is -0.332 e. The van der Waals surface area contributed by atoms with Crippen LogP contribution in [0.4, 0.5) is 10.5 Å². The van der Waals surface area contributed by atoms with E-state index in [1.807, 2.05) is 0 Å². The number of halogens is 1. The van der Waals surface area contributed by atoms with Gasteiger partial charge in [-0.25, -0.2) is 4.79 Å². The minimum atomic E-state index is -0.376. The van der Waals surface area contributed by atoms with Gasteiger partial charge in [-0.15, -0.1) is 0 Å². The molecule has 6 nitrogen and oxygen atoms in total. The molecular formula is C11H11ClN4O2. The molecule has 0 saturated carbocycles. The van der Waals surface area contributed by atoms with E-state index in [1.165, 1.54) is 6.07 Å². The Morgan fingerprint density at radius 1 is 1.28 bits per heavy atom. The Morgan fingerprint density at radius 3 is 2.78 bits per heavy atom. The Kier molecular flexibility index (Phi) is 3.69. The van der Waals surface area contributed by atoms with E-state index >= 15 is 0 Å². The Hall–Kier alpha value is -2.21. The fourth-order valence-corrected chi connectivity index (χ4v) is 1.57. The summed E-state index contributed by atoms with van der Waals surface area (Å²) in [5, 5.41) is 10.8. The van der Waals surface area contributed by atoms with Gasteiger partial charge in [-0.3, -0.25) is 9.89 Å². The molecule has 0 aliphatic heterocycles. The van der Waals surface area contributed by atoms with E-state index in [4.69, 9.17) is 11.6 Å². The number of carbonyl (C=O) groups is 1. The van der Waals surface area contributed by atoms with Gasteiger partial charge >= 0.3 is 6.03 Å². The Labute approximate surface area is 107 Å². The predicted octanol–water partition coefficient (Wildman–Crippen LogP) is 1.68. The van der Waals surface area contributed by atoms with Gasteiger partial charge in [0.15, 0.2) is 0 Å². The summed E-state index contributed by atoms with van der Waals surface area (Å²) in [6.45, 7) is 0.227. The van der Waals surface area contributed by atoms with Crippen molar-refractivity contribution in [2.24, 2.45) is 0 Å². The van der Waals surface area contributed by atoms with Crippen LogP contribution in [0.1, 0.15) is 5.69 Å². The lowest BCUT2D eigenvalue weighted by atomic mass is 10.3. The number of aromatic nitrogens is 2. The molecule has 0 spiro atoms. The third kappa shape index (κ3) is 3.39. The van der Waals surface area contributed by atoms with Gasteiger partial charge in [0.2, 0.25) is 0 Å². The molecule has 0 radical (unpaired) electrons. The Balaban J connectivity index is 1.87. The number of H-pyrrole nitrogens is 2. The maximum atomic E-state index is 11.5. The first-order valence-electron chi connectivity index (χ1n) is 5.20. The smallest absolute Gasteiger partial charge is 0.319 e. The summed E-state index contributed by atoms with van der Waals surface area (Å²) >= 11 is 5.79. The highest BCUT2D eigenvalue weighted by molar-refractivity contribution is 6.30. The standard InChI is InChI=1S/C11H11ClN4O2/c12-7-2-1-3-8(4-7)14-11(18)13-6-9-5-10(17)16-15-9/h1-5H,6H2,(H2,13,14,18)(H2,15,16,17). The summed E-state index contributed by atoms with van der Waals surface area (Å²) < 4.78 is 0. The molecule has 0 aliphatic carbocycles. The second-order valence-electron chi connectivity index (χ2n) is 3.60. The second-order valence-corrected chi connectivity index (χ2v) is 4.04. The third-order valence-electron chi connectivity index (χ3n) is 2.17. The maximum absolute atomic E-state index is 11.5. The van der Waals surface area contributed by atoms with Crippen molar-refractivity contribution < 1.29 is 4.79 Å². The van der Waals surface area contributed by atoms with E-state index in [-0.39, 0.29) is 18.1 Å². The van der Waals surface area contributed by atoms with Crippen molar-refractivity contribution in [3.05, 3.63) is 51.4 Å². The van der Waals surface area contributed by atoms with Crippen LogP contribution < -0.4 is 16.2 Å². The zero-order chi connectivity index (χ0) is 13.0.